The largest absolute Gasteiger partial charge is 0.490 e. The number of hydrogen-bond donors (Lipinski definition) is 1. The maximum Gasteiger partial charge on any atom is 0.275 e. The zero-order valence-corrected chi connectivity index (χ0v) is 14.9. The Morgan fingerprint density at radius 1 is 1.26 bits per heavy atom. The number of benzene rings is 1. The molecular weight excluding hydrogens is 336 g/mol. The summed E-state index contributed by atoms with van der Waals surface area (Å²) in [6.07, 6.45) is -0.132. The van der Waals surface area contributed by atoms with Crippen LogP contribution in [0.1, 0.15) is 34.9 Å². The number of aryl methyl sites for hydroxylation is 2. The van der Waals surface area contributed by atoms with Gasteiger partial charge in [-0.05, 0) is 39.8 Å². The third-order valence-electron chi connectivity index (χ3n) is 2.83. The standard InChI is InChI=1S/C15H18N2O4S2/c1-9(2)21-13-8-6-5-7-12(13)14(18)17-23(19,20)15-10(3)16-11(4)22-15/h5-9H,1-4H3,(H,17,18). The van der Waals surface area contributed by atoms with Gasteiger partial charge in [-0.3, -0.25) is 4.79 Å². The van der Waals surface area contributed by atoms with E-state index in [0.717, 1.165) is 11.3 Å². The minimum atomic E-state index is -3.96. The smallest absolute Gasteiger partial charge is 0.275 e. The average molecular weight is 354 g/mol. The van der Waals surface area contributed by atoms with Gasteiger partial charge in [-0.1, -0.05) is 12.1 Å². The molecule has 0 fully saturated rings. The quantitative estimate of drug-likeness (QED) is 0.892. The Hall–Kier alpha value is -1.93. The zero-order valence-electron chi connectivity index (χ0n) is 13.3. The molecule has 1 aromatic carbocycles. The maximum absolute atomic E-state index is 12.4. The third kappa shape index (κ3) is 4.08. The Morgan fingerprint density at radius 2 is 1.91 bits per heavy atom. The van der Waals surface area contributed by atoms with Crippen molar-refractivity contribution in [3.05, 3.63) is 40.5 Å². The average Bonchev–Trinajstić information content (AvgIpc) is 2.78. The molecule has 0 aliphatic carbocycles. The second-order valence-corrected chi connectivity index (χ2v) is 8.28. The molecule has 0 atom stereocenters. The summed E-state index contributed by atoms with van der Waals surface area (Å²) in [5, 5.41) is 0.624. The van der Waals surface area contributed by atoms with Crippen LogP contribution in [0.15, 0.2) is 28.5 Å². The summed E-state index contributed by atoms with van der Waals surface area (Å²) < 4.78 is 32.4. The molecule has 23 heavy (non-hydrogen) atoms. The van der Waals surface area contributed by atoms with Crippen molar-refractivity contribution in [1.82, 2.24) is 9.71 Å². The molecule has 0 unspecified atom stereocenters. The van der Waals surface area contributed by atoms with Crippen LogP contribution < -0.4 is 9.46 Å². The zero-order chi connectivity index (χ0) is 17.2. The number of nitrogens with one attached hydrogen (secondary N) is 1. The Bertz CT molecular complexity index is 826. The van der Waals surface area contributed by atoms with E-state index in [1.165, 1.54) is 6.07 Å². The third-order valence-corrected chi connectivity index (χ3v) is 5.84. The van der Waals surface area contributed by atoms with Gasteiger partial charge in [-0.15, -0.1) is 11.3 Å². The highest BCUT2D eigenvalue weighted by Gasteiger charge is 2.25. The first kappa shape index (κ1) is 17.4. The summed E-state index contributed by atoms with van der Waals surface area (Å²) in [6.45, 7) is 6.96. The van der Waals surface area contributed by atoms with E-state index < -0.39 is 15.9 Å². The number of hydrogen-bond acceptors (Lipinski definition) is 6. The minimum absolute atomic E-state index is 0.0469. The fraction of sp³-hybridized carbons (Fsp3) is 0.333. The fourth-order valence-corrected chi connectivity index (χ4v) is 4.45. The van der Waals surface area contributed by atoms with E-state index in [1.54, 1.807) is 32.0 Å². The number of aromatic nitrogens is 1. The summed E-state index contributed by atoms with van der Waals surface area (Å²) >= 11 is 1.03. The van der Waals surface area contributed by atoms with Crippen LogP contribution in [0.25, 0.3) is 0 Å². The van der Waals surface area contributed by atoms with Crippen LogP contribution in [0.3, 0.4) is 0 Å². The monoisotopic (exact) mass is 354 g/mol. The first-order valence-electron chi connectivity index (χ1n) is 6.97. The molecule has 1 aromatic heterocycles. The number of nitrogens with zero attached hydrogens (tertiary/aromatic N) is 1. The van der Waals surface area contributed by atoms with Crippen LogP contribution in [0.4, 0.5) is 0 Å². The van der Waals surface area contributed by atoms with Gasteiger partial charge in [0.1, 0.15) is 5.75 Å². The van der Waals surface area contributed by atoms with Crippen molar-refractivity contribution in [3.63, 3.8) is 0 Å². The summed E-state index contributed by atoms with van der Waals surface area (Å²) in [5.41, 5.74) is 0.545. The number of ether oxygens (including phenoxy) is 1. The molecule has 0 saturated heterocycles. The lowest BCUT2D eigenvalue weighted by atomic mass is 10.2. The number of rotatable bonds is 5. The molecule has 0 aliphatic rings. The van der Waals surface area contributed by atoms with Crippen molar-refractivity contribution in [2.45, 2.75) is 38.0 Å². The van der Waals surface area contributed by atoms with Crippen molar-refractivity contribution in [3.8, 4) is 5.75 Å². The molecule has 124 valence electrons. The molecule has 0 bridgehead atoms. The molecule has 6 nitrogen and oxygen atoms in total. The molecule has 1 N–H and O–H groups in total. The predicted molar refractivity (Wildman–Crippen MR) is 88.4 cm³/mol. The van der Waals surface area contributed by atoms with Crippen molar-refractivity contribution in [1.29, 1.82) is 0 Å². The molecule has 1 heterocycles. The Kier molecular flexibility index (Phi) is 5.06. The highest BCUT2D eigenvalue weighted by molar-refractivity contribution is 7.92. The number of carbonyl (C=O) groups is 1. The Balaban J connectivity index is 2.31. The normalized spacial score (nSPS) is 11.5. The van der Waals surface area contributed by atoms with Crippen molar-refractivity contribution >= 4 is 27.3 Å². The lowest BCUT2D eigenvalue weighted by Gasteiger charge is -2.13. The van der Waals surface area contributed by atoms with Crippen molar-refractivity contribution < 1.29 is 17.9 Å². The molecule has 2 aromatic rings. The molecular formula is C15H18N2O4S2. The molecule has 0 radical (unpaired) electrons. The van der Waals surface area contributed by atoms with E-state index in [-0.39, 0.29) is 15.9 Å². The van der Waals surface area contributed by atoms with E-state index >= 15 is 0 Å². The van der Waals surface area contributed by atoms with Crippen molar-refractivity contribution in [2.75, 3.05) is 0 Å². The van der Waals surface area contributed by atoms with E-state index in [9.17, 15) is 13.2 Å². The van der Waals surface area contributed by atoms with Gasteiger partial charge in [-0.25, -0.2) is 18.1 Å². The van der Waals surface area contributed by atoms with Gasteiger partial charge in [0.25, 0.3) is 15.9 Å². The molecule has 0 saturated carbocycles. The van der Waals surface area contributed by atoms with Crippen LogP contribution in [0.5, 0.6) is 5.75 Å². The first-order valence-corrected chi connectivity index (χ1v) is 9.27. The maximum atomic E-state index is 12.4. The molecule has 0 spiro atoms. The first-order chi connectivity index (χ1) is 10.7. The second-order valence-electron chi connectivity index (χ2n) is 5.20. The van der Waals surface area contributed by atoms with Gasteiger partial charge in [0.2, 0.25) is 0 Å². The van der Waals surface area contributed by atoms with Gasteiger partial charge in [0.15, 0.2) is 4.21 Å². The number of sulfonamides is 1. The molecule has 0 aliphatic heterocycles. The minimum Gasteiger partial charge on any atom is -0.490 e. The Morgan fingerprint density at radius 3 is 2.48 bits per heavy atom. The van der Waals surface area contributed by atoms with Gasteiger partial charge >= 0.3 is 0 Å². The Labute approximate surface area is 139 Å². The van der Waals surface area contributed by atoms with E-state index in [2.05, 4.69) is 9.71 Å². The van der Waals surface area contributed by atoms with Crippen molar-refractivity contribution in [2.24, 2.45) is 0 Å². The summed E-state index contributed by atoms with van der Waals surface area (Å²) in [5.74, 6) is -0.390. The van der Waals surface area contributed by atoms with Crippen LogP contribution in [0.2, 0.25) is 0 Å². The predicted octanol–water partition coefficient (Wildman–Crippen LogP) is 2.67. The lowest BCUT2D eigenvalue weighted by Crippen LogP contribution is -2.31. The fourth-order valence-electron chi connectivity index (χ4n) is 2.00. The summed E-state index contributed by atoms with van der Waals surface area (Å²) in [4.78, 5) is 16.4. The number of para-hydroxylation sites is 1. The van der Waals surface area contributed by atoms with Gasteiger partial charge < -0.3 is 4.74 Å². The number of carbonyl (C=O) groups excluding carboxylic acids is 1. The SMILES string of the molecule is Cc1nc(C)c(S(=O)(=O)NC(=O)c2ccccc2OC(C)C)s1. The summed E-state index contributed by atoms with van der Waals surface area (Å²) in [7, 11) is -3.96. The summed E-state index contributed by atoms with van der Waals surface area (Å²) in [6, 6.07) is 6.52. The highest BCUT2D eigenvalue weighted by Crippen LogP contribution is 2.24. The molecule has 1 amide bonds. The van der Waals surface area contributed by atoms with E-state index in [0.29, 0.717) is 16.5 Å². The van der Waals surface area contributed by atoms with Gasteiger partial charge in [0.05, 0.1) is 22.4 Å². The molecule has 8 heteroatoms. The van der Waals surface area contributed by atoms with E-state index in [1.807, 2.05) is 13.8 Å². The molecule has 2 rings (SSSR count). The second kappa shape index (κ2) is 6.67. The van der Waals surface area contributed by atoms with Gasteiger partial charge in [-0.2, -0.15) is 0 Å². The van der Waals surface area contributed by atoms with E-state index in [4.69, 9.17) is 4.74 Å². The topological polar surface area (TPSA) is 85.4 Å². The van der Waals surface area contributed by atoms with Crippen LogP contribution in [-0.2, 0) is 10.0 Å². The number of amides is 1. The highest BCUT2D eigenvalue weighted by atomic mass is 32.2. The number of thiazole rings is 1. The van der Waals surface area contributed by atoms with Crippen LogP contribution in [0, 0.1) is 13.8 Å². The van der Waals surface area contributed by atoms with Gasteiger partial charge in [0, 0.05) is 0 Å². The lowest BCUT2D eigenvalue weighted by molar-refractivity contribution is 0.0975. The van der Waals surface area contributed by atoms with Crippen LogP contribution in [-0.4, -0.2) is 25.4 Å². The van der Waals surface area contributed by atoms with Crippen LogP contribution >= 0.6 is 11.3 Å².